The van der Waals surface area contributed by atoms with E-state index in [-0.39, 0.29) is 0 Å². The van der Waals surface area contributed by atoms with Crippen molar-refractivity contribution >= 4 is 5.69 Å². The van der Waals surface area contributed by atoms with Gasteiger partial charge in [0.15, 0.2) is 0 Å². The molecule has 1 aromatic rings. The Hall–Kier alpha value is -0.980. The van der Waals surface area contributed by atoms with Gasteiger partial charge in [-0.1, -0.05) is 39.8 Å². The lowest BCUT2D eigenvalue weighted by atomic mass is 9.83. The number of nitrogens with one attached hydrogen (secondary N) is 1. The van der Waals surface area contributed by atoms with Crippen LogP contribution < -0.4 is 5.32 Å². The van der Waals surface area contributed by atoms with Gasteiger partial charge in [0.2, 0.25) is 0 Å². The lowest BCUT2D eigenvalue weighted by Crippen LogP contribution is -2.17. The Kier molecular flexibility index (Phi) is 3.20. The lowest BCUT2D eigenvalue weighted by molar-refractivity contribution is 0.411. The van der Waals surface area contributed by atoms with Gasteiger partial charge in [-0.3, -0.25) is 0 Å². The zero-order valence-corrected chi connectivity index (χ0v) is 11.9. The highest BCUT2D eigenvalue weighted by Gasteiger charge is 2.20. The summed E-state index contributed by atoms with van der Waals surface area (Å²) in [6.45, 7) is 12.6. The van der Waals surface area contributed by atoms with Crippen molar-refractivity contribution in [2.24, 2.45) is 5.41 Å². The molecule has 0 saturated carbocycles. The van der Waals surface area contributed by atoms with Crippen LogP contribution in [-0.4, -0.2) is 6.54 Å². The average Bonchev–Trinajstić information content (AvgIpc) is 2.17. The third kappa shape index (κ3) is 2.83. The van der Waals surface area contributed by atoms with E-state index in [1.54, 1.807) is 0 Å². The van der Waals surface area contributed by atoms with Gasteiger partial charge in [-0.05, 0) is 47.8 Å². The highest BCUT2D eigenvalue weighted by Crippen LogP contribution is 2.35. The van der Waals surface area contributed by atoms with Crippen molar-refractivity contribution < 1.29 is 0 Å². The molecule has 0 bridgehead atoms. The summed E-state index contributed by atoms with van der Waals surface area (Å²) in [5.74, 6) is 0.699. The molecule has 0 radical (unpaired) electrons. The first-order valence-electron chi connectivity index (χ1n) is 6.74. The van der Waals surface area contributed by atoms with Gasteiger partial charge in [-0.2, -0.15) is 0 Å². The summed E-state index contributed by atoms with van der Waals surface area (Å²) in [5.41, 5.74) is 6.18. The summed E-state index contributed by atoms with van der Waals surface area (Å²) in [4.78, 5) is 0. The van der Waals surface area contributed by atoms with Gasteiger partial charge in [0.05, 0.1) is 0 Å². The number of hydrogen-bond acceptors (Lipinski definition) is 1. The van der Waals surface area contributed by atoms with Gasteiger partial charge in [-0.25, -0.2) is 0 Å². The molecule has 1 aliphatic rings. The topological polar surface area (TPSA) is 12.0 Å². The molecule has 1 heteroatoms. The quantitative estimate of drug-likeness (QED) is 0.750. The van der Waals surface area contributed by atoms with Gasteiger partial charge < -0.3 is 5.32 Å². The van der Waals surface area contributed by atoms with Crippen molar-refractivity contribution in [1.82, 2.24) is 0 Å². The molecule has 1 aromatic carbocycles. The van der Waals surface area contributed by atoms with Crippen molar-refractivity contribution in [3.63, 3.8) is 0 Å². The minimum absolute atomic E-state index is 0.367. The number of aryl methyl sites for hydroxylation is 1. The molecule has 94 valence electrons. The third-order valence-electron chi connectivity index (χ3n) is 3.57. The van der Waals surface area contributed by atoms with Crippen LogP contribution in [0.15, 0.2) is 12.1 Å². The summed E-state index contributed by atoms with van der Waals surface area (Å²) in [6, 6.07) is 4.78. The number of benzene rings is 1. The van der Waals surface area contributed by atoms with Crippen LogP contribution in [0, 0.1) is 12.3 Å². The molecular formula is C16H25N. The number of rotatable bonds is 1. The summed E-state index contributed by atoms with van der Waals surface area (Å²) >= 11 is 0. The van der Waals surface area contributed by atoms with E-state index in [0.717, 1.165) is 13.0 Å². The fourth-order valence-corrected chi connectivity index (χ4v) is 2.81. The van der Waals surface area contributed by atoms with E-state index in [0.29, 0.717) is 11.3 Å². The van der Waals surface area contributed by atoms with Crippen LogP contribution in [0.2, 0.25) is 0 Å². The average molecular weight is 231 g/mol. The Labute approximate surface area is 106 Å². The Balaban J connectivity index is 2.38. The fourth-order valence-electron chi connectivity index (χ4n) is 2.81. The Morgan fingerprint density at radius 1 is 1.29 bits per heavy atom. The van der Waals surface area contributed by atoms with Crippen LogP contribution in [0.5, 0.6) is 0 Å². The Morgan fingerprint density at radius 2 is 2.00 bits per heavy atom. The van der Waals surface area contributed by atoms with Crippen molar-refractivity contribution in [3.8, 4) is 0 Å². The summed E-state index contributed by atoms with van der Waals surface area (Å²) in [6.07, 6.45) is 2.42. The predicted molar refractivity (Wildman–Crippen MR) is 75.9 cm³/mol. The SMILES string of the molecule is Cc1cc(CC(C)(C)C)cc2c1NCCC2C. The van der Waals surface area contributed by atoms with Crippen LogP contribution in [-0.2, 0) is 6.42 Å². The molecule has 1 unspecified atom stereocenters. The minimum atomic E-state index is 0.367. The van der Waals surface area contributed by atoms with Crippen LogP contribution >= 0.6 is 0 Å². The third-order valence-corrected chi connectivity index (χ3v) is 3.57. The van der Waals surface area contributed by atoms with Crippen molar-refractivity contribution in [2.75, 3.05) is 11.9 Å². The summed E-state index contributed by atoms with van der Waals surface area (Å²) in [7, 11) is 0. The summed E-state index contributed by atoms with van der Waals surface area (Å²) in [5, 5.41) is 3.55. The molecule has 0 saturated heterocycles. The molecule has 1 aliphatic heterocycles. The van der Waals surface area contributed by atoms with Gasteiger partial charge in [0, 0.05) is 12.2 Å². The largest absolute Gasteiger partial charge is 0.385 e. The molecule has 1 heterocycles. The molecule has 1 nitrogen and oxygen atoms in total. The molecule has 0 aliphatic carbocycles. The molecule has 0 spiro atoms. The second-order valence-corrected chi connectivity index (χ2v) is 6.73. The van der Waals surface area contributed by atoms with E-state index < -0.39 is 0 Å². The maximum absolute atomic E-state index is 3.55. The molecule has 17 heavy (non-hydrogen) atoms. The van der Waals surface area contributed by atoms with Gasteiger partial charge in [0.1, 0.15) is 0 Å². The second kappa shape index (κ2) is 4.36. The van der Waals surface area contributed by atoms with Gasteiger partial charge in [0.25, 0.3) is 0 Å². The summed E-state index contributed by atoms with van der Waals surface area (Å²) < 4.78 is 0. The normalized spacial score (nSPS) is 19.7. The van der Waals surface area contributed by atoms with Crippen molar-refractivity contribution in [2.45, 2.75) is 53.4 Å². The molecule has 0 fully saturated rings. The first kappa shape index (κ1) is 12.5. The smallest absolute Gasteiger partial charge is 0.0405 e. The molecule has 0 aromatic heterocycles. The molecule has 1 N–H and O–H groups in total. The first-order valence-corrected chi connectivity index (χ1v) is 6.74. The van der Waals surface area contributed by atoms with Crippen molar-refractivity contribution in [3.05, 3.63) is 28.8 Å². The number of fused-ring (bicyclic) bond motifs is 1. The fraction of sp³-hybridized carbons (Fsp3) is 0.625. The van der Waals surface area contributed by atoms with Crippen LogP contribution in [0.3, 0.4) is 0 Å². The molecule has 0 amide bonds. The second-order valence-electron chi connectivity index (χ2n) is 6.73. The van der Waals surface area contributed by atoms with Gasteiger partial charge in [-0.15, -0.1) is 0 Å². The molecule has 1 atom stereocenters. The minimum Gasteiger partial charge on any atom is -0.385 e. The van der Waals surface area contributed by atoms with Crippen molar-refractivity contribution in [1.29, 1.82) is 0 Å². The van der Waals surface area contributed by atoms with E-state index in [4.69, 9.17) is 0 Å². The molecule has 2 rings (SSSR count). The highest BCUT2D eigenvalue weighted by molar-refractivity contribution is 5.61. The highest BCUT2D eigenvalue weighted by atomic mass is 14.9. The zero-order valence-electron chi connectivity index (χ0n) is 11.9. The van der Waals surface area contributed by atoms with E-state index in [9.17, 15) is 0 Å². The maximum Gasteiger partial charge on any atom is 0.0405 e. The molecular weight excluding hydrogens is 206 g/mol. The monoisotopic (exact) mass is 231 g/mol. The van der Waals surface area contributed by atoms with Crippen LogP contribution in [0.1, 0.15) is 56.7 Å². The Bertz CT molecular complexity index is 412. The van der Waals surface area contributed by atoms with E-state index in [1.807, 2.05) is 0 Å². The van der Waals surface area contributed by atoms with E-state index in [2.05, 4.69) is 52.1 Å². The Morgan fingerprint density at radius 3 is 2.65 bits per heavy atom. The van der Waals surface area contributed by atoms with Crippen LogP contribution in [0.25, 0.3) is 0 Å². The van der Waals surface area contributed by atoms with Crippen LogP contribution in [0.4, 0.5) is 5.69 Å². The van der Waals surface area contributed by atoms with Gasteiger partial charge >= 0.3 is 0 Å². The maximum atomic E-state index is 3.55. The van der Waals surface area contributed by atoms with E-state index in [1.165, 1.54) is 28.8 Å². The van der Waals surface area contributed by atoms with E-state index >= 15 is 0 Å². The number of anilines is 1. The number of hydrogen-bond donors (Lipinski definition) is 1. The first-order chi connectivity index (χ1) is 7.87. The standard InChI is InChI=1S/C16H25N/c1-11-6-7-17-15-12(2)8-13(9-14(11)15)10-16(3,4)5/h8-9,11,17H,6-7,10H2,1-5H3. The predicted octanol–water partition coefficient (Wildman–Crippen LogP) is 4.50. The zero-order chi connectivity index (χ0) is 12.6. The lowest BCUT2D eigenvalue weighted by Gasteiger charge is -2.28.